The molecule has 0 heterocycles. The molecule has 2 rings (SSSR count). The van der Waals surface area contributed by atoms with Crippen LogP contribution in [-0.2, 0) is 19.3 Å². The predicted octanol–water partition coefficient (Wildman–Crippen LogP) is 6.34. The topological polar surface area (TPSA) is 9.23 Å². The van der Waals surface area contributed by atoms with Crippen molar-refractivity contribution in [3.63, 3.8) is 0 Å². The molecule has 1 nitrogen and oxygen atoms in total. The molecule has 0 aliphatic heterocycles. The molecule has 0 spiro atoms. The summed E-state index contributed by atoms with van der Waals surface area (Å²) in [5.74, 6) is 0.0583. The smallest absolute Gasteiger partial charge is 0.406 e. The Labute approximate surface area is 152 Å². The van der Waals surface area contributed by atoms with Crippen LogP contribution in [0.2, 0.25) is 0 Å². The first-order valence-corrected chi connectivity index (χ1v) is 8.75. The third kappa shape index (κ3) is 6.36. The number of ether oxygens (including phenoxy) is 1. The van der Waals surface area contributed by atoms with Gasteiger partial charge in [-0.1, -0.05) is 51.1 Å². The summed E-state index contributed by atoms with van der Waals surface area (Å²) < 4.78 is 55.6. The molecule has 2 aromatic rings. The average molecular weight is 368 g/mol. The molecule has 26 heavy (non-hydrogen) atoms. The lowest BCUT2D eigenvalue weighted by Gasteiger charge is -2.15. The maximum Gasteiger partial charge on any atom is 0.573 e. The summed E-state index contributed by atoms with van der Waals surface area (Å²) in [5, 5.41) is 0. The minimum absolute atomic E-state index is 0.0833. The standard InChI is InChI=1S/C21H24F4O/c1-14(2)10-17-7-5-8-18(20(17)22)12-15(3)11-16-6-4-9-19(13-16)26-21(23,24)25/h4-9,13-15H,10-12H2,1-3H3. The van der Waals surface area contributed by atoms with Crippen LogP contribution < -0.4 is 4.74 Å². The van der Waals surface area contributed by atoms with Crippen molar-refractivity contribution in [2.24, 2.45) is 11.8 Å². The number of hydrogen-bond donors (Lipinski definition) is 0. The van der Waals surface area contributed by atoms with E-state index in [4.69, 9.17) is 0 Å². The molecule has 1 atom stereocenters. The number of alkyl halides is 3. The van der Waals surface area contributed by atoms with Gasteiger partial charge < -0.3 is 4.74 Å². The molecule has 0 fully saturated rings. The van der Waals surface area contributed by atoms with Crippen LogP contribution >= 0.6 is 0 Å². The second-order valence-corrected chi connectivity index (χ2v) is 7.20. The number of halogens is 4. The Hall–Kier alpha value is -2.04. The summed E-state index contributed by atoms with van der Waals surface area (Å²) in [5.41, 5.74) is 2.10. The normalized spacial score (nSPS) is 13.1. The van der Waals surface area contributed by atoms with Gasteiger partial charge in [-0.05, 0) is 59.9 Å². The van der Waals surface area contributed by atoms with E-state index in [-0.39, 0.29) is 17.5 Å². The summed E-state index contributed by atoms with van der Waals surface area (Å²) in [4.78, 5) is 0. The molecule has 2 aromatic carbocycles. The van der Waals surface area contributed by atoms with E-state index in [0.717, 1.165) is 5.56 Å². The second kappa shape index (κ2) is 8.56. The van der Waals surface area contributed by atoms with E-state index in [1.54, 1.807) is 18.2 Å². The van der Waals surface area contributed by atoms with Crippen LogP contribution in [0.15, 0.2) is 42.5 Å². The number of benzene rings is 2. The van der Waals surface area contributed by atoms with E-state index in [1.165, 1.54) is 18.2 Å². The highest BCUT2D eigenvalue weighted by atomic mass is 19.4. The van der Waals surface area contributed by atoms with Crippen LogP contribution in [0.3, 0.4) is 0 Å². The molecule has 5 heteroatoms. The lowest BCUT2D eigenvalue weighted by Crippen LogP contribution is -2.17. The maximum absolute atomic E-state index is 14.6. The minimum Gasteiger partial charge on any atom is -0.406 e. The van der Waals surface area contributed by atoms with Gasteiger partial charge in [-0.3, -0.25) is 0 Å². The van der Waals surface area contributed by atoms with Gasteiger partial charge in [0.05, 0.1) is 0 Å². The lowest BCUT2D eigenvalue weighted by molar-refractivity contribution is -0.274. The summed E-state index contributed by atoms with van der Waals surface area (Å²) in [6.07, 6.45) is -2.94. The summed E-state index contributed by atoms with van der Waals surface area (Å²) in [7, 11) is 0. The first kappa shape index (κ1) is 20.3. The van der Waals surface area contributed by atoms with Crippen molar-refractivity contribution < 1.29 is 22.3 Å². The van der Waals surface area contributed by atoms with E-state index in [2.05, 4.69) is 4.74 Å². The van der Waals surface area contributed by atoms with Crippen molar-refractivity contribution in [3.05, 3.63) is 65.0 Å². The molecule has 142 valence electrons. The molecular formula is C21H24F4O. The van der Waals surface area contributed by atoms with Crippen LogP contribution in [0.4, 0.5) is 17.6 Å². The van der Waals surface area contributed by atoms with Gasteiger partial charge in [-0.25, -0.2) is 4.39 Å². The SMILES string of the molecule is CC(C)Cc1cccc(CC(C)Cc2cccc(OC(F)(F)F)c2)c1F. The minimum atomic E-state index is -4.70. The first-order chi connectivity index (χ1) is 12.1. The van der Waals surface area contributed by atoms with E-state index < -0.39 is 6.36 Å². The molecule has 0 aromatic heterocycles. The Morgan fingerprint density at radius 2 is 1.50 bits per heavy atom. The molecule has 0 N–H and O–H groups in total. The van der Waals surface area contributed by atoms with Crippen LogP contribution in [0.1, 0.15) is 37.5 Å². The van der Waals surface area contributed by atoms with Crippen molar-refractivity contribution in [1.29, 1.82) is 0 Å². The quantitative estimate of drug-likeness (QED) is 0.518. The van der Waals surface area contributed by atoms with Crippen molar-refractivity contribution >= 4 is 0 Å². The van der Waals surface area contributed by atoms with E-state index in [1.807, 2.05) is 26.8 Å². The molecule has 0 radical (unpaired) electrons. The van der Waals surface area contributed by atoms with Crippen molar-refractivity contribution in [3.8, 4) is 5.75 Å². The van der Waals surface area contributed by atoms with Gasteiger partial charge in [-0.15, -0.1) is 13.2 Å². The van der Waals surface area contributed by atoms with E-state index in [9.17, 15) is 17.6 Å². The maximum atomic E-state index is 14.6. The van der Waals surface area contributed by atoms with Crippen molar-refractivity contribution in [2.75, 3.05) is 0 Å². The van der Waals surface area contributed by atoms with Gasteiger partial charge in [0.25, 0.3) is 0 Å². The molecular weight excluding hydrogens is 344 g/mol. The Kier molecular flexibility index (Phi) is 6.68. The van der Waals surface area contributed by atoms with Gasteiger partial charge in [0.2, 0.25) is 0 Å². The third-order valence-electron chi connectivity index (χ3n) is 4.07. The Balaban J connectivity index is 2.05. The predicted molar refractivity (Wildman–Crippen MR) is 94.6 cm³/mol. The number of hydrogen-bond acceptors (Lipinski definition) is 1. The van der Waals surface area contributed by atoms with Gasteiger partial charge in [0.1, 0.15) is 11.6 Å². The highest BCUT2D eigenvalue weighted by Gasteiger charge is 2.31. The van der Waals surface area contributed by atoms with Gasteiger partial charge in [0, 0.05) is 0 Å². The Bertz CT molecular complexity index is 722. The molecule has 0 saturated heterocycles. The fourth-order valence-electron chi connectivity index (χ4n) is 3.11. The summed E-state index contributed by atoms with van der Waals surface area (Å²) in [6, 6.07) is 11.4. The molecule has 0 saturated carbocycles. The summed E-state index contributed by atoms with van der Waals surface area (Å²) in [6.45, 7) is 6.06. The van der Waals surface area contributed by atoms with Gasteiger partial charge in [-0.2, -0.15) is 0 Å². The average Bonchev–Trinajstić information content (AvgIpc) is 2.49. The van der Waals surface area contributed by atoms with Crippen LogP contribution in [-0.4, -0.2) is 6.36 Å². The van der Waals surface area contributed by atoms with Crippen molar-refractivity contribution in [2.45, 2.75) is 46.4 Å². The molecule has 0 aliphatic rings. The molecule has 0 aliphatic carbocycles. The van der Waals surface area contributed by atoms with Crippen LogP contribution in [0.5, 0.6) is 5.75 Å². The van der Waals surface area contributed by atoms with E-state index in [0.29, 0.717) is 36.3 Å². The Morgan fingerprint density at radius 3 is 2.12 bits per heavy atom. The third-order valence-corrected chi connectivity index (χ3v) is 4.07. The fourth-order valence-corrected chi connectivity index (χ4v) is 3.11. The lowest BCUT2D eigenvalue weighted by atomic mass is 9.92. The molecule has 0 bridgehead atoms. The largest absolute Gasteiger partial charge is 0.573 e. The van der Waals surface area contributed by atoms with Crippen LogP contribution in [0.25, 0.3) is 0 Å². The van der Waals surface area contributed by atoms with Crippen molar-refractivity contribution in [1.82, 2.24) is 0 Å². The highest BCUT2D eigenvalue weighted by Crippen LogP contribution is 2.25. The van der Waals surface area contributed by atoms with Gasteiger partial charge >= 0.3 is 6.36 Å². The molecule has 1 unspecified atom stereocenters. The highest BCUT2D eigenvalue weighted by molar-refractivity contribution is 5.30. The first-order valence-electron chi connectivity index (χ1n) is 8.75. The molecule has 0 amide bonds. The summed E-state index contributed by atoms with van der Waals surface area (Å²) >= 11 is 0. The van der Waals surface area contributed by atoms with E-state index >= 15 is 0 Å². The van der Waals surface area contributed by atoms with Crippen LogP contribution in [0, 0.1) is 17.7 Å². The zero-order chi connectivity index (χ0) is 19.3. The monoisotopic (exact) mass is 368 g/mol. The zero-order valence-electron chi connectivity index (χ0n) is 15.2. The fraction of sp³-hybridized carbons (Fsp3) is 0.429. The second-order valence-electron chi connectivity index (χ2n) is 7.20. The zero-order valence-corrected chi connectivity index (χ0v) is 15.2. The number of rotatable bonds is 7. The van der Waals surface area contributed by atoms with Gasteiger partial charge in [0.15, 0.2) is 0 Å². The Morgan fingerprint density at radius 1 is 0.885 bits per heavy atom.